The number of fused-ring (bicyclic) bond motifs is 1. The second kappa shape index (κ2) is 6.34. The van der Waals surface area contributed by atoms with E-state index in [1.807, 2.05) is 24.5 Å². The molecule has 1 aliphatic heterocycles. The van der Waals surface area contributed by atoms with Crippen LogP contribution >= 0.6 is 0 Å². The van der Waals surface area contributed by atoms with Crippen LogP contribution in [0.15, 0.2) is 54.9 Å². The van der Waals surface area contributed by atoms with Crippen LogP contribution in [-0.4, -0.2) is 29.1 Å². The van der Waals surface area contributed by atoms with E-state index in [2.05, 4.69) is 45.9 Å². The molecule has 4 nitrogen and oxygen atoms in total. The summed E-state index contributed by atoms with van der Waals surface area (Å²) < 4.78 is 0. The second-order valence-electron chi connectivity index (χ2n) is 5.98. The lowest BCUT2D eigenvalue weighted by atomic mass is 10.0. The lowest BCUT2D eigenvalue weighted by Crippen LogP contribution is -2.35. The van der Waals surface area contributed by atoms with Crippen molar-refractivity contribution in [2.75, 3.05) is 18.4 Å². The zero-order valence-electron chi connectivity index (χ0n) is 13.0. The minimum Gasteiger partial charge on any atom is -0.367 e. The topological polar surface area (TPSA) is 49.8 Å². The van der Waals surface area contributed by atoms with Crippen LogP contribution < -0.4 is 10.6 Å². The van der Waals surface area contributed by atoms with Gasteiger partial charge in [0.25, 0.3) is 0 Å². The molecule has 0 saturated carbocycles. The van der Waals surface area contributed by atoms with Crippen LogP contribution in [0.25, 0.3) is 22.0 Å². The van der Waals surface area contributed by atoms with E-state index in [1.54, 1.807) is 0 Å². The molecule has 116 valence electrons. The summed E-state index contributed by atoms with van der Waals surface area (Å²) in [5.74, 6) is 0.947. The third kappa shape index (κ3) is 3.03. The van der Waals surface area contributed by atoms with Crippen molar-refractivity contribution < 1.29 is 0 Å². The van der Waals surface area contributed by atoms with E-state index in [9.17, 15) is 0 Å². The molecule has 0 bridgehead atoms. The molecule has 1 aromatic carbocycles. The molecule has 1 aliphatic rings. The van der Waals surface area contributed by atoms with Gasteiger partial charge < -0.3 is 10.6 Å². The highest BCUT2D eigenvalue weighted by atomic mass is 15.0. The number of benzene rings is 1. The summed E-state index contributed by atoms with van der Waals surface area (Å²) in [7, 11) is 0. The van der Waals surface area contributed by atoms with E-state index in [4.69, 9.17) is 4.98 Å². The quantitative estimate of drug-likeness (QED) is 0.778. The Kier molecular flexibility index (Phi) is 3.90. The number of pyridine rings is 2. The van der Waals surface area contributed by atoms with Crippen LogP contribution in [-0.2, 0) is 0 Å². The van der Waals surface area contributed by atoms with Crippen molar-refractivity contribution in [1.82, 2.24) is 15.3 Å². The lowest BCUT2D eigenvalue weighted by molar-refractivity contribution is 0.478. The minimum absolute atomic E-state index is 0.504. The average molecular weight is 304 g/mol. The lowest BCUT2D eigenvalue weighted by Gasteiger charge is -2.24. The van der Waals surface area contributed by atoms with Gasteiger partial charge in [-0.25, -0.2) is 4.98 Å². The average Bonchev–Trinajstić information content (AvgIpc) is 2.62. The van der Waals surface area contributed by atoms with Crippen LogP contribution in [0.5, 0.6) is 0 Å². The third-order valence-electron chi connectivity index (χ3n) is 4.38. The van der Waals surface area contributed by atoms with Crippen LogP contribution in [0.3, 0.4) is 0 Å². The standard InChI is InChI=1S/C19H20N4/c1-2-5-16-14(4-1)12-21-13-17(16)18-6-3-7-19(23-18)22-15-8-10-20-11-9-15/h1-7,12-13,15,20H,8-11H2,(H,22,23). The zero-order valence-corrected chi connectivity index (χ0v) is 13.0. The van der Waals surface area contributed by atoms with Gasteiger partial charge >= 0.3 is 0 Å². The van der Waals surface area contributed by atoms with Gasteiger partial charge in [-0.1, -0.05) is 30.3 Å². The number of nitrogens with one attached hydrogen (secondary N) is 2. The molecule has 0 aliphatic carbocycles. The van der Waals surface area contributed by atoms with Crippen LogP contribution in [0.1, 0.15) is 12.8 Å². The molecule has 0 amide bonds. The molecule has 23 heavy (non-hydrogen) atoms. The number of hydrogen-bond acceptors (Lipinski definition) is 4. The van der Waals surface area contributed by atoms with Gasteiger partial charge in [-0.2, -0.15) is 0 Å². The Morgan fingerprint density at radius 1 is 0.957 bits per heavy atom. The number of nitrogens with zero attached hydrogens (tertiary/aromatic N) is 2. The summed E-state index contributed by atoms with van der Waals surface area (Å²) in [6.45, 7) is 2.15. The summed E-state index contributed by atoms with van der Waals surface area (Å²) in [5.41, 5.74) is 2.05. The highest BCUT2D eigenvalue weighted by molar-refractivity contribution is 5.94. The molecule has 4 heteroatoms. The molecule has 2 N–H and O–H groups in total. The maximum Gasteiger partial charge on any atom is 0.126 e. The first-order chi connectivity index (χ1) is 11.4. The van der Waals surface area contributed by atoms with Gasteiger partial charge in [-0.05, 0) is 43.5 Å². The van der Waals surface area contributed by atoms with Crippen LogP contribution in [0.2, 0.25) is 0 Å². The largest absolute Gasteiger partial charge is 0.367 e. The van der Waals surface area contributed by atoms with E-state index in [0.717, 1.165) is 48.4 Å². The molecular formula is C19H20N4. The molecule has 1 saturated heterocycles. The molecule has 1 fully saturated rings. The molecule has 3 heterocycles. The fourth-order valence-electron chi connectivity index (χ4n) is 3.16. The van der Waals surface area contributed by atoms with Gasteiger partial charge in [0.05, 0.1) is 5.69 Å². The summed E-state index contributed by atoms with van der Waals surface area (Å²) in [6, 6.07) is 15.0. The highest BCUT2D eigenvalue weighted by Gasteiger charge is 2.13. The maximum absolute atomic E-state index is 4.82. The highest BCUT2D eigenvalue weighted by Crippen LogP contribution is 2.27. The first-order valence-electron chi connectivity index (χ1n) is 8.17. The number of anilines is 1. The molecular weight excluding hydrogens is 284 g/mol. The normalized spacial score (nSPS) is 15.7. The Bertz CT molecular complexity index is 804. The SMILES string of the molecule is c1cc(NC2CCNCC2)nc(-c2cncc3ccccc23)c1. The van der Waals surface area contributed by atoms with Crippen molar-refractivity contribution in [2.45, 2.75) is 18.9 Å². The fraction of sp³-hybridized carbons (Fsp3) is 0.263. The van der Waals surface area contributed by atoms with E-state index in [0.29, 0.717) is 6.04 Å². The fourth-order valence-corrected chi connectivity index (χ4v) is 3.16. The first kappa shape index (κ1) is 14.2. The maximum atomic E-state index is 4.82. The van der Waals surface area contributed by atoms with Gasteiger partial charge in [0, 0.05) is 29.4 Å². The number of hydrogen-bond donors (Lipinski definition) is 2. The second-order valence-corrected chi connectivity index (χ2v) is 5.98. The van der Waals surface area contributed by atoms with Crippen LogP contribution in [0.4, 0.5) is 5.82 Å². The van der Waals surface area contributed by atoms with Gasteiger partial charge in [0.1, 0.15) is 5.82 Å². The monoisotopic (exact) mass is 304 g/mol. The van der Waals surface area contributed by atoms with Crippen molar-refractivity contribution in [3.05, 3.63) is 54.9 Å². The number of rotatable bonds is 3. The summed E-state index contributed by atoms with van der Waals surface area (Å²) in [4.78, 5) is 9.18. The Hall–Kier alpha value is -2.46. The zero-order chi connectivity index (χ0) is 15.5. The van der Waals surface area contributed by atoms with Gasteiger partial charge in [0.15, 0.2) is 0 Å². The van der Waals surface area contributed by atoms with Gasteiger partial charge in [0.2, 0.25) is 0 Å². The van der Waals surface area contributed by atoms with Crippen molar-refractivity contribution in [3.8, 4) is 11.3 Å². The van der Waals surface area contributed by atoms with Gasteiger partial charge in [-0.3, -0.25) is 4.98 Å². The summed E-state index contributed by atoms with van der Waals surface area (Å²) in [5, 5.41) is 9.29. The van der Waals surface area contributed by atoms with Crippen molar-refractivity contribution >= 4 is 16.6 Å². The molecule has 4 rings (SSSR count). The first-order valence-corrected chi connectivity index (χ1v) is 8.17. The summed E-state index contributed by atoms with van der Waals surface area (Å²) >= 11 is 0. The third-order valence-corrected chi connectivity index (χ3v) is 4.38. The Labute approximate surface area is 136 Å². The van der Waals surface area contributed by atoms with E-state index < -0.39 is 0 Å². The molecule has 2 aromatic heterocycles. The molecule has 0 unspecified atom stereocenters. The van der Waals surface area contributed by atoms with E-state index in [-0.39, 0.29) is 0 Å². The van der Waals surface area contributed by atoms with Gasteiger partial charge in [-0.15, -0.1) is 0 Å². The summed E-state index contributed by atoms with van der Waals surface area (Å²) in [6.07, 6.45) is 6.08. The van der Waals surface area contributed by atoms with Crippen molar-refractivity contribution in [2.24, 2.45) is 0 Å². The van der Waals surface area contributed by atoms with Crippen LogP contribution in [0, 0.1) is 0 Å². The smallest absolute Gasteiger partial charge is 0.126 e. The molecule has 0 radical (unpaired) electrons. The van der Waals surface area contributed by atoms with E-state index in [1.165, 1.54) is 5.39 Å². The molecule has 0 atom stereocenters. The number of aromatic nitrogens is 2. The predicted molar refractivity (Wildman–Crippen MR) is 94.5 cm³/mol. The molecule has 3 aromatic rings. The Morgan fingerprint density at radius 3 is 2.74 bits per heavy atom. The Morgan fingerprint density at radius 2 is 1.83 bits per heavy atom. The number of piperidine rings is 1. The molecule has 0 spiro atoms. The minimum atomic E-state index is 0.504. The van der Waals surface area contributed by atoms with Crippen molar-refractivity contribution in [3.63, 3.8) is 0 Å². The van der Waals surface area contributed by atoms with Crippen molar-refractivity contribution in [1.29, 1.82) is 0 Å². The Balaban J connectivity index is 1.67. The van der Waals surface area contributed by atoms with E-state index >= 15 is 0 Å². The predicted octanol–water partition coefficient (Wildman–Crippen LogP) is 3.46.